The highest BCUT2D eigenvalue weighted by Crippen LogP contribution is 2.35. The van der Waals surface area contributed by atoms with Crippen molar-refractivity contribution >= 4 is 5.78 Å². The first-order chi connectivity index (χ1) is 11.5. The first kappa shape index (κ1) is 17.9. The van der Waals surface area contributed by atoms with Crippen LogP contribution < -0.4 is 4.74 Å². The van der Waals surface area contributed by atoms with E-state index in [0.29, 0.717) is 11.5 Å². The summed E-state index contributed by atoms with van der Waals surface area (Å²) >= 11 is 0. The summed E-state index contributed by atoms with van der Waals surface area (Å²) in [5.41, 5.74) is 2.00. The van der Waals surface area contributed by atoms with Gasteiger partial charge >= 0.3 is 0 Å². The molecule has 0 fully saturated rings. The third-order valence-electron chi connectivity index (χ3n) is 4.16. The van der Waals surface area contributed by atoms with E-state index >= 15 is 0 Å². The van der Waals surface area contributed by atoms with Gasteiger partial charge in [-0.3, -0.25) is 4.79 Å². The van der Waals surface area contributed by atoms with Crippen molar-refractivity contribution in [2.24, 2.45) is 5.92 Å². The van der Waals surface area contributed by atoms with E-state index in [1.807, 2.05) is 19.1 Å². The van der Waals surface area contributed by atoms with Crippen LogP contribution >= 0.6 is 0 Å². The molecule has 0 bridgehead atoms. The number of methoxy groups -OCH3 is 2. The molecule has 1 aromatic carbocycles. The van der Waals surface area contributed by atoms with Crippen LogP contribution in [0.15, 0.2) is 53.8 Å². The Hall–Kier alpha value is -2.49. The van der Waals surface area contributed by atoms with Crippen molar-refractivity contribution in [2.75, 3.05) is 14.2 Å². The lowest BCUT2D eigenvalue weighted by molar-refractivity contribution is -0.114. The molecule has 1 N–H and O–H groups in total. The molecule has 1 radical (unpaired) electrons. The monoisotopic (exact) mass is 327 g/mol. The Kier molecular flexibility index (Phi) is 5.85. The van der Waals surface area contributed by atoms with Gasteiger partial charge in [0.25, 0.3) is 0 Å². The second kappa shape index (κ2) is 7.86. The molecular weight excluding hydrogens is 304 g/mol. The van der Waals surface area contributed by atoms with E-state index < -0.39 is 0 Å². The SMILES string of the molecule is C[CH][C@H](c1ccc(O)c(OC)c1)[C@@H](C)/C=C1\C=CC(=O)C(OC)=C1. The highest BCUT2D eigenvalue weighted by atomic mass is 16.5. The second-order valence-electron chi connectivity index (χ2n) is 5.73. The highest BCUT2D eigenvalue weighted by Gasteiger charge is 2.19. The second-order valence-corrected chi connectivity index (χ2v) is 5.73. The zero-order valence-corrected chi connectivity index (χ0v) is 14.4. The van der Waals surface area contributed by atoms with E-state index in [9.17, 15) is 9.90 Å². The number of hydrogen-bond acceptors (Lipinski definition) is 4. The number of aromatic hydroxyl groups is 1. The van der Waals surface area contributed by atoms with Crippen molar-refractivity contribution in [1.29, 1.82) is 0 Å². The van der Waals surface area contributed by atoms with Crippen molar-refractivity contribution in [3.8, 4) is 11.5 Å². The lowest BCUT2D eigenvalue weighted by atomic mass is 9.83. The standard InChI is InChI=1S/C20H23O4/c1-5-16(15-7-9-18(22)20(12-15)24-4)13(2)10-14-6-8-17(21)19(11-14)23-3/h5-13,16,22H,1-4H3/b14-10+/t13-,16-/m0/s1. The van der Waals surface area contributed by atoms with Crippen LogP contribution in [-0.2, 0) is 9.53 Å². The molecule has 0 amide bonds. The fraction of sp³-hybridized carbons (Fsp3) is 0.300. The maximum Gasteiger partial charge on any atom is 0.220 e. The molecule has 4 nitrogen and oxygen atoms in total. The van der Waals surface area contributed by atoms with Crippen molar-refractivity contribution in [1.82, 2.24) is 0 Å². The number of phenols is 1. The summed E-state index contributed by atoms with van der Waals surface area (Å²) in [4.78, 5) is 11.6. The fourth-order valence-corrected chi connectivity index (χ4v) is 2.90. The minimum atomic E-state index is -0.121. The summed E-state index contributed by atoms with van der Waals surface area (Å²) in [6, 6.07) is 5.40. The summed E-state index contributed by atoms with van der Waals surface area (Å²) in [6.45, 7) is 4.12. The number of allylic oxidation sites excluding steroid dienone is 5. The molecule has 2 atom stereocenters. The summed E-state index contributed by atoms with van der Waals surface area (Å²) in [7, 11) is 3.03. The van der Waals surface area contributed by atoms with Crippen LogP contribution in [0.4, 0.5) is 0 Å². The minimum Gasteiger partial charge on any atom is -0.504 e. The van der Waals surface area contributed by atoms with Crippen molar-refractivity contribution < 1.29 is 19.4 Å². The molecule has 0 saturated carbocycles. The van der Waals surface area contributed by atoms with Crippen LogP contribution in [0.2, 0.25) is 0 Å². The van der Waals surface area contributed by atoms with E-state index in [0.717, 1.165) is 11.1 Å². The van der Waals surface area contributed by atoms with Crippen LogP contribution in [0, 0.1) is 12.3 Å². The first-order valence-corrected chi connectivity index (χ1v) is 7.86. The van der Waals surface area contributed by atoms with Gasteiger partial charge in [-0.25, -0.2) is 0 Å². The van der Waals surface area contributed by atoms with E-state index in [4.69, 9.17) is 9.47 Å². The Balaban J connectivity index is 2.28. The van der Waals surface area contributed by atoms with Gasteiger partial charge in [0.1, 0.15) is 0 Å². The lowest BCUT2D eigenvalue weighted by Gasteiger charge is -2.22. The Morgan fingerprint density at radius 1 is 1.17 bits per heavy atom. The smallest absolute Gasteiger partial charge is 0.220 e. The third-order valence-corrected chi connectivity index (χ3v) is 4.16. The summed E-state index contributed by atoms with van der Waals surface area (Å²) < 4.78 is 10.3. The molecule has 127 valence electrons. The summed E-state index contributed by atoms with van der Waals surface area (Å²) in [5, 5.41) is 9.76. The zero-order chi connectivity index (χ0) is 17.7. The number of carbonyl (C=O) groups excluding carboxylic acids is 1. The van der Waals surface area contributed by atoms with E-state index in [1.54, 1.807) is 18.2 Å². The Labute approximate surface area is 143 Å². The average molecular weight is 327 g/mol. The van der Waals surface area contributed by atoms with Crippen molar-refractivity contribution in [3.05, 3.63) is 65.8 Å². The maximum absolute atomic E-state index is 11.6. The van der Waals surface area contributed by atoms with Gasteiger partial charge in [-0.1, -0.05) is 32.1 Å². The minimum absolute atomic E-state index is 0.121. The van der Waals surface area contributed by atoms with Crippen LogP contribution in [0.1, 0.15) is 25.3 Å². The highest BCUT2D eigenvalue weighted by molar-refractivity contribution is 6.04. The molecule has 4 heteroatoms. The third kappa shape index (κ3) is 3.88. The predicted octanol–water partition coefficient (Wildman–Crippen LogP) is 3.94. The summed E-state index contributed by atoms with van der Waals surface area (Å²) in [5.74, 6) is 1.15. The van der Waals surface area contributed by atoms with Crippen molar-refractivity contribution in [2.45, 2.75) is 19.8 Å². The van der Waals surface area contributed by atoms with Crippen LogP contribution in [-0.4, -0.2) is 25.1 Å². The Morgan fingerprint density at radius 2 is 1.92 bits per heavy atom. The summed E-state index contributed by atoms with van der Waals surface area (Å²) in [6.07, 6.45) is 9.29. The Morgan fingerprint density at radius 3 is 2.54 bits per heavy atom. The molecule has 0 aliphatic heterocycles. The molecule has 0 heterocycles. The van der Waals surface area contributed by atoms with Crippen molar-refractivity contribution in [3.63, 3.8) is 0 Å². The molecule has 0 saturated heterocycles. The maximum atomic E-state index is 11.6. The van der Waals surface area contributed by atoms with E-state index in [-0.39, 0.29) is 23.4 Å². The van der Waals surface area contributed by atoms with Crippen LogP contribution in [0.5, 0.6) is 11.5 Å². The van der Waals surface area contributed by atoms with Gasteiger partial charge in [-0.15, -0.1) is 0 Å². The van der Waals surface area contributed by atoms with Gasteiger partial charge in [-0.2, -0.15) is 0 Å². The first-order valence-electron chi connectivity index (χ1n) is 7.86. The Bertz CT molecular complexity index is 698. The molecule has 1 aliphatic rings. The predicted molar refractivity (Wildman–Crippen MR) is 93.9 cm³/mol. The molecule has 0 aromatic heterocycles. The zero-order valence-electron chi connectivity index (χ0n) is 14.4. The van der Waals surface area contributed by atoms with Gasteiger partial charge < -0.3 is 14.6 Å². The number of carbonyl (C=O) groups is 1. The molecule has 1 aliphatic carbocycles. The number of hydrogen-bond donors (Lipinski definition) is 1. The normalized spacial score (nSPS) is 18.2. The molecule has 1 aromatic rings. The van der Waals surface area contributed by atoms with Gasteiger partial charge in [0, 0.05) is 0 Å². The van der Waals surface area contributed by atoms with E-state index in [1.165, 1.54) is 20.3 Å². The van der Waals surface area contributed by atoms with E-state index in [2.05, 4.69) is 19.4 Å². The average Bonchev–Trinajstić information content (AvgIpc) is 2.58. The lowest BCUT2D eigenvalue weighted by Crippen LogP contribution is -2.10. The quantitative estimate of drug-likeness (QED) is 0.860. The molecule has 2 rings (SSSR count). The van der Waals surface area contributed by atoms with Gasteiger partial charge in [0.15, 0.2) is 17.3 Å². The topological polar surface area (TPSA) is 55.8 Å². The molecule has 0 unspecified atom stereocenters. The number of rotatable bonds is 6. The van der Waals surface area contributed by atoms with Crippen LogP contribution in [0.3, 0.4) is 0 Å². The number of phenolic OH excluding ortho intramolecular Hbond substituents is 1. The van der Waals surface area contributed by atoms with Crippen LogP contribution in [0.25, 0.3) is 0 Å². The van der Waals surface area contributed by atoms with Gasteiger partial charge in [0.2, 0.25) is 5.78 Å². The fourth-order valence-electron chi connectivity index (χ4n) is 2.90. The van der Waals surface area contributed by atoms with Gasteiger partial charge in [0.05, 0.1) is 14.2 Å². The molecule has 0 spiro atoms. The van der Waals surface area contributed by atoms with Gasteiger partial charge in [-0.05, 0) is 53.7 Å². The number of ketones is 1. The molecule has 24 heavy (non-hydrogen) atoms. The largest absolute Gasteiger partial charge is 0.504 e. The molecular formula is C20H23O4. The number of benzene rings is 1. The number of ether oxygens (including phenoxy) is 2.